The highest BCUT2D eigenvalue weighted by Gasteiger charge is 2.13. The van der Waals surface area contributed by atoms with E-state index in [0.29, 0.717) is 5.82 Å². The normalized spacial score (nSPS) is 10.8. The summed E-state index contributed by atoms with van der Waals surface area (Å²) in [5.74, 6) is -0.184. The summed E-state index contributed by atoms with van der Waals surface area (Å²) in [4.78, 5) is 12.0. The molecule has 0 N–H and O–H groups in total. The van der Waals surface area contributed by atoms with Crippen LogP contribution in [0.2, 0.25) is 5.15 Å². The van der Waals surface area contributed by atoms with Crippen molar-refractivity contribution in [2.45, 2.75) is 20.4 Å². The maximum absolute atomic E-state index is 13.3. The number of hydrogen-bond donors (Lipinski definition) is 0. The van der Waals surface area contributed by atoms with E-state index < -0.39 is 5.82 Å². The van der Waals surface area contributed by atoms with Crippen LogP contribution in [0.25, 0.3) is 11.5 Å². The fourth-order valence-electron chi connectivity index (χ4n) is 1.40. The maximum Gasteiger partial charge on any atom is 0.181 e. The van der Waals surface area contributed by atoms with Gasteiger partial charge in [0.05, 0.1) is 18.2 Å². The van der Waals surface area contributed by atoms with Gasteiger partial charge in [-0.05, 0) is 13.8 Å². The average Bonchev–Trinajstić information content (AvgIpc) is 2.73. The van der Waals surface area contributed by atoms with Gasteiger partial charge in [-0.25, -0.2) is 19.3 Å². The van der Waals surface area contributed by atoms with Crippen LogP contribution >= 0.6 is 11.6 Å². The quantitative estimate of drug-likeness (QED) is 0.758. The highest BCUT2D eigenvalue weighted by atomic mass is 35.5. The summed E-state index contributed by atoms with van der Waals surface area (Å²) in [6.07, 6.45) is 3.30. The molecule has 0 fully saturated rings. The van der Waals surface area contributed by atoms with Gasteiger partial charge in [0, 0.05) is 6.54 Å². The van der Waals surface area contributed by atoms with Crippen molar-refractivity contribution in [3.8, 4) is 11.5 Å². The number of hydrogen-bond acceptors (Lipinski definition) is 3. The van der Waals surface area contributed by atoms with Crippen LogP contribution < -0.4 is 0 Å². The van der Waals surface area contributed by atoms with Crippen LogP contribution in [0.4, 0.5) is 4.39 Å². The van der Waals surface area contributed by atoms with Gasteiger partial charge in [-0.15, -0.1) is 0 Å². The van der Waals surface area contributed by atoms with Crippen LogP contribution in [-0.4, -0.2) is 19.5 Å². The number of nitrogens with zero attached hydrogens (tertiary/aromatic N) is 4. The van der Waals surface area contributed by atoms with Crippen LogP contribution in [0.3, 0.4) is 0 Å². The summed E-state index contributed by atoms with van der Waals surface area (Å²) in [6.45, 7) is 4.27. The Morgan fingerprint density at radius 1 is 1.44 bits per heavy atom. The molecule has 0 aromatic carbocycles. The molecule has 0 aliphatic heterocycles. The van der Waals surface area contributed by atoms with Crippen LogP contribution in [0.1, 0.15) is 12.6 Å². The fourth-order valence-corrected chi connectivity index (χ4v) is 1.61. The van der Waals surface area contributed by atoms with Crippen molar-refractivity contribution in [1.29, 1.82) is 0 Å². The molecule has 2 aromatic heterocycles. The van der Waals surface area contributed by atoms with E-state index in [1.165, 1.54) is 0 Å². The van der Waals surface area contributed by atoms with Gasteiger partial charge in [-0.2, -0.15) is 0 Å². The van der Waals surface area contributed by atoms with E-state index in [0.717, 1.165) is 12.2 Å². The highest BCUT2D eigenvalue weighted by Crippen LogP contribution is 2.20. The second-order valence-electron chi connectivity index (χ2n) is 3.30. The summed E-state index contributed by atoms with van der Waals surface area (Å²) in [5.41, 5.74) is 0.964. The lowest BCUT2D eigenvalue weighted by Gasteiger charge is -2.05. The lowest BCUT2D eigenvalue weighted by atomic mass is 10.3. The average molecular weight is 241 g/mol. The Bertz CT molecular complexity index is 500. The van der Waals surface area contributed by atoms with Gasteiger partial charge < -0.3 is 4.57 Å². The summed E-state index contributed by atoms with van der Waals surface area (Å²) < 4.78 is 15.1. The molecule has 2 heterocycles. The van der Waals surface area contributed by atoms with Crippen molar-refractivity contribution < 1.29 is 4.39 Å². The second kappa shape index (κ2) is 4.17. The molecule has 16 heavy (non-hydrogen) atoms. The van der Waals surface area contributed by atoms with Crippen molar-refractivity contribution in [2.75, 3.05) is 0 Å². The molecule has 2 aromatic rings. The van der Waals surface area contributed by atoms with E-state index in [1.807, 2.05) is 11.5 Å². The Morgan fingerprint density at radius 3 is 2.81 bits per heavy atom. The highest BCUT2D eigenvalue weighted by molar-refractivity contribution is 6.29. The van der Waals surface area contributed by atoms with E-state index in [4.69, 9.17) is 11.6 Å². The Balaban J connectivity index is 2.57. The Labute approximate surface area is 97.1 Å². The zero-order chi connectivity index (χ0) is 11.7. The largest absolute Gasteiger partial charge is 0.328 e. The third kappa shape index (κ3) is 1.78. The Kier molecular flexibility index (Phi) is 2.87. The predicted octanol–water partition coefficient (Wildman–Crippen LogP) is 2.46. The first kappa shape index (κ1) is 11.0. The minimum atomic E-state index is -0.576. The van der Waals surface area contributed by atoms with E-state index in [-0.39, 0.29) is 10.8 Å². The lowest BCUT2D eigenvalue weighted by molar-refractivity contribution is 0.602. The van der Waals surface area contributed by atoms with Crippen molar-refractivity contribution >= 4 is 11.6 Å². The van der Waals surface area contributed by atoms with Crippen molar-refractivity contribution in [3.05, 3.63) is 29.2 Å². The Hall–Kier alpha value is -1.49. The van der Waals surface area contributed by atoms with Gasteiger partial charge in [-0.1, -0.05) is 11.6 Å². The molecule has 0 aliphatic rings. The number of halogens is 2. The molecular weight excluding hydrogens is 231 g/mol. The molecule has 0 spiro atoms. The first-order valence-corrected chi connectivity index (χ1v) is 5.21. The third-order valence-corrected chi connectivity index (χ3v) is 2.51. The molecule has 0 amide bonds. The summed E-state index contributed by atoms with van der Waals surface area (Å²) in [5, 5.41) is -0.161. The van der Waals surface area contributed by atoms with E-state index >= 15 is 0 Å². The molecule has 0 saturated heterocycles. The van der Waals surface area contributed by atoms with Crippen LogP contribution in [0.15, 0.2) is 12.5 Å². The van der Waals surface area contributed by atoms with Crippen LogP contribution in [-0.2, 0) is 6.54 Å². The van der Waals surface area contributed by atoms with Gasteiger partial charge in [0.15, 0.2) is 16.8 Å². The van der Waals surface area contributed by atoms with Crippen LogP contribution in [0.5, 0.6) is 0 Å². The minimum absolute atomic E-state index is 0.161. The first-order chi connectivity index (χ1) is 7.63. The van der Waals surface area contributed by atoms with Crippen molar-refractivity contribution in [1.82, 2.24) is 19.5 Å². The van der Waals surface area contributed by atoms with Crippen LogP contribution in [0, 0.1) is 12.7 Å². The lowest BCUT2D eigenvalue weighted by Crippen LogP contribution is -2.02. The number of aromatic nitrogens is 4. The molecule has 4 nitrogen and oxygen atoms in total. The molecule has 0 bridgehead atoms. The van der Waals surface area contributed by atoms with Gasteiger partial charge >= 0.3 is 0 Å². The summed E-state index contributed by atoms with van der Waals surface area (Å²) in [7, 11) is 0. The molecule has 0 atom stereocenters. The SMILES string of the molecule is CCn1cncc1-c1nc(C)c(F)c(Cl)n1. The van der Waals surface area contributed by atoms with Gasteiger partial charge in [-0.3, -0.25) is 0 Å². The van der Waals surface area contributed by atoms with E-state index in [1.54, 1.807) is 19.4 Å². The molecule has 6 heteroatoms. The smallest absolute Gasteiger partial charge is 0.181 e. The topological polar surface area (TPSA) is 43.6 Å². The molecule has 0 saturated carbocycles. The monoisotopic (exact) mass is 240 g/mol. The third-order valence-electron chi connectivity index (χ3n) is 2.26. The second-order valence-corrected chi connectivity index (χ2v) is 3.66. The zero-order valence-electron chi connectivity index (χ0n) is 8.91. The van der Waals surface area contributed by atoms with Crippen molar-refractivity contribution in [3.63, 3.8) is 0 Å². The molecular formula is C10H10ClFN4. The first-order valence-electron chi connectivity index (χ1n) is 4.83. The molecule has 2 rings (SSSR count). The van der Waals surface area contributed by atoms with Gasteiger partial charge in [0.2, 0.25) is 0 Å². The fraction of sp³-hybridized carbons (Fsp3) is 0.300. The molecule has 84 valence electrons. The van der Waals surface area contributed by atoms with E-state index in [9.17, 15) is 4.39 Å². The minimum Gasteiger partial charge on any atom is -0.328 e. The number of aryl methyl sites for hydroxylation is 2. The zero-order valence-corrected chi connectivity index (χ0v) is 9.66. The predicted molar refractivity (Wildman–Crippen MR) is 58.6 cm³/mol. The molecule has 0 aliphatic carbocycles. The summed E-state index contributed by atoms with van der Waals surface area (Å²) in [6, 6.07) is 0. The molecule has 0 radical (unpaired) electrons. The number of rotatable bonds is 2. The maximum atomic E-state index is 13.3. The van der Waals surface area contributed by atoms with Gasteiger partial charge in [0.1, 0.15) is 5.69 Å². The van der Waals surface area contributed by atoms with E-state index in [2.05, 4.69) is 15.0 Å². The summed E-state index contributed by atoms with van der Waals surface area (Å²) >= 11 is 5.68. The van der Waals surface area contributed by atoms with Gasteiger partial charge in [0.25, 0.3) is 0 Å². The Morgan fingerprint density at radius 2 is 2.19 bits per heavy atom. The number of imidazole rings is 1. The van der Waals surface area contributed by atoms with Crippen molar-refractivity contribution in [2.24, 2.45) is 0 Å². The standard InChI is InChI=1S/C10H10ClFN4/c1-3-16-5-13-4-7(16)10-14-6(2)8(12)9(11)15-10/h4-5H,3H2,1-2H3. The molecule has 0 unspecified atom stereocenters.